The SMILES string of the molecule is C.C.C.C=NOCc1ccccc1.C=O.CCCNc1nc(Cl)nc(NCCC)n1.CCCNc1nc(NCCC)nc(N(C)OCc2ccccc2)n1.CC[CH-]I.CNOCc1ccccc1.Cl.Cl.NOCc1ccccc1.[V]. The molecule has 451 valence electrons. The third kappa shape index (κ3) is 48.9. The van der Waals surface area contributed by atoms with Gasteiger partial charge in [0.1, 0.15) is 20.0 Å². The van der Waals surface area contributed by atoms with Crippen molar-refractivity contribution < 1.29 is 42.7 Å². The van der Waals surface area contributed by atoms with E-state index in [0.717, 1.165) is 68.6 Å². The van der Waals surface area contributed by atoms with E-state index in [1.807, 2.05) is 128 Å². The maximum atomic E-state index is 8.00. The number of nitrogens with two attached hydrogens (primary N) is 1. The van der Waals surface area contributed by atoms with Crippen molar-refractivity contribution >= 4 is 102 Å². The van der Waals surface area contributed by atoms with Gasteiger partial charge in [-0.25, -0.2) is 16.4 Å². The molecule has 0 aliphatic carbocycles. The number of benzene rings is 4. The normalized spacial score (nSPS) is 8.82. The quantitative estimate of drug-likeness (QED) is 0.0135. The molecule has 0 atom stereocenters. The van der Waals surface area contributed by atoms with Crippen molar-refractivity contribution in [1.82, 2.24) is 35.4 Å². The number of rotatable bonds is 25. The maximum Gasteiger partial charge on any atom is 0.256 e. The van der Waals surface area contributed by atoms with Gasteiger partial charge in [-0.1, -0.05) is 178 Å². The summed E-state index contributed by atoms with van der Waals surface area (Å²) in [6, 6.07) is 39.7. The minimum atomic E-state index is 0. The Bertz CT molecular complexity index is 2150. The third-order valence-corrected chi connectivity index (χ3v) is 9.60. The smallest absolute Gasteiger partial charge is 0.256 e. The van der Waals surface area contributed by atoms with Gasteiger partial charge >= 0.3 is 0 Å². The van der Waals surface area contributed by atoms with Crippen molar-refractivity contribution in [2.24, 2.45) is 11.1 Å². The van der Waals surface area contributed by atoms with E-state index in [1.54, 1.807) is 19.2 Å². The molecule has 4 aromatic carbocycles. The van der Waals surface area contributed by atoms with Crippen LogP contribution in [0, 0.1) is 4.43 Å². The zero-order chi connectivity index (χ0) is 54.7. The van der Waals surface area contributed by atoms with Crippen LogP contribution in [0.4, 0.5) is 29.7 Å². The fourth-order valence-electron chi connectivity index (χ4n) is 5.02. The van der Waals surface area contributed by atoms with Gasteiger partial charge in [-0.15, -0.1) is 30.0 Å². The van der Waals surface area contributed by atoms with Gasteiger partial charge in [0.15, 0.2) is 0 Å². The average Bonchev–Trinajstić information content (AvgIpc) is 3.45. The fourth-order valence-corrected chi connectivity index (χ4v) is 5.18. The van der Waals surface area contributed by atoms with Gasteiger partial charge in [0.05, 0.1) is 13.2 Å². The molecular weight excluding hydrogens is 1230 g/mol. The number of hydrogen-bond donors (Lipinski definition) is 6. The molecule has 7 N–H and O–H groups in total. The summed E-state index contributed by atoms with van der Waals surface area (Å²) >= 11 is 7.99. The van der Waals surface area contributed by atoms with E-state index in [2.05, 4.69) is 135 Å². The number of anilines is 5. The monoisotopic (exact) mass is 1320 g/mol. The van der Waals surface area contributed by atoms with Crippen molar-refractivity contribution in [3.8, 4) is 0 Å². The molecule has 0 bridgehead atoms. The summed E-state index contributed by atoms with van der Waals surface area (Å²) in [7, 11) is 3.55. The van der Waals surface area contributed by atoms with Gasteiger partial charge in [0.25, 0.3) is 5.95 Å². The predicted molar refractivity (Wildman–Crippen MR) is 346 cm³/mol. The van der Waals surface area contributed by atoms with Gasteiger partial charge in [-0.2, -0.15) is 36.3 Å². The van der Waals surface area contributed by atoms with Gasteiger partial charge in [-0.05, 0) is 59.5 Å². The Kier molecular flexibility index (Phi) is 72.0. The van der Waals surface area contributed by atoms with E-state index in [1.165, 1.54) is 12.0 Å². The Labute approximate surface area is 523 Å². The molecule has 2 aromatic heterocycles. The van der Waals surface area contributed by atoms with Crippen LogP contribution in [0.15, 0.2) is 126 Å². The first-order chi connectivity index (χ1) is 36.2. The summed E-state index contributed by atoms with van der Waals surface area (Å²) in [5.74, 6) is 7.48. The molecule has 80 heavy (non-hydrogen) atoms. The molecule has 0 amide bonds. The first kappa shape index (κ1) is 88.8. The van der Waals surface area contributed by atoms with Crippen LogP contribution < -0.4 is 37.7 Å². The molecule has 0 aliphatic rings. The largest absolute Gasteiger partial charge is 0.391 e. The number of hydroxylamine groups is 2. The fraction of sp³-hybridized carbons (Fsp3) is 0.411. The molecule has 0 aliphatic heterocycles. The van der Waals surface area contributed by atoms with Crippen LogP contribution in [0.5, 0.6) is 0 Å². The van der Waals surface area contributed by atoms with Gasteiger partial charge < -0.3 is 53.5 Å². The average molecular weight is 1330 g/mol. The van der Waals surface area contributed by atoms with Crippen LogP contribution in [0.3, 0.4) is 0 Å². The molecule has 2 heterocycles. The van der Waals surface area contributed by atoms with Crippen LogP contribution >= 0.6 is 59.0 Å². The van der Waals surface area contributed by atoms with Crippen molar-refractivity contribution in [1.29, 1.82) is 0 Å². The first-order valence-corrected chi connectivity index (χ1v) is 25.9. The molecule has 0 saturated heterocycles. The predicted octanol–water partition coefficient (Wildman–Crippen LogP) is 14.0. The summed E-state index contributed by atoms with van der Waals surface area (Å²) in [5, 5.41) is 17.6. The van der Waals surface area contributed by atoms with Crippen molar-refractivity contribution in [2.45, 2.75) is 115 Å². The summed E-state index contributed by atoms with van der Waals surface area (Å²) in [5.41, 5.74) is 7.09. The van der Waals surface area contributed by atoms with Gasteiger partial charge in [-0.3, -0.25) is 18.9 Å². The summed E-state index contributed by atoms with van der Waals surface area (Å²) in [6.07, 6.45) is 5.21. The second-order valence-electron chi connectivity index (χ2n) is 14.7. The van der Waals surface area contributed by atoms with E-state index >= 15 is 0 Å². The summed E-state index contributed by atoms with van der Waals surface area (Å²) in [6.45, 7) is 21.0. The molecule has 0 spiro atoms. The number of aromatic nitrogens is 6. The molecule has 0 saturated carbocycles. The van der Waals surface area contributed by atoms with Crippen LogP contribution in [0.1, 0.15) is 111 Å². The number of nitrogens with one attached hydrogen (secondary N) is 5. The van der Waals surface area contributed by atoms with Crippen molar-refractivity contribution in [2.75, 3.05) is 66.6 Å². The van der Waals surface area contributed by atoms with Crippen molar-refractivity contribution in [3.63, 3.8) is 0 Å². The van der Waals surface area contributed by atoms with Crippen LogP contribution in [-0.4, -0.2) is 83.7 Å². The Morgan fingerprint density at radius 1 is 0.575 bits per heavy atom. The van der Waals surface area contributed by atoms with E-state index in [9.17, 15) is 0 Å². The molecule has 0 fully saturated rings. The number of oxime groups is 1. The maximum absolute atomic E-state index is 8.00. The Balaban J connectivity index is -0.000000167. The zero-order valence-corrected chi connectivity index (χ0v) is 51.4. The van der Waals surface area contributed by atoms with Crippen LogP contribution in [0.25, 0.3) is 0 Å². The molecule has 6 aromatic rings. The second-order valence-corrected chi connectivity index (χ2v) is 15.9. The van der Waals surface area contributed by atoms with Crippen molar-refractivity contribution in [3.05, 3.63) is 153 Å². The molecule has 19 nitrogen and oxygen atoms in total. The zero-order valence-electron chi connectivity index (χ0n) is 45.4. The van der Waals surface area contributed by atoms with Crippen LogP contribution in [-0.2, 0) is 69.1 Å². The van der Waals surface area contributed by atoms with Crippen LogP contribution in [0.2, 0.25) is 5.28 Å². The molecule has 1 radical (unpaired) electrons. The molecule has 0 unspecified atom stereocenters. The number of halogens is 4. The molecule has 24 heteroatoms. The first-order valence-electron chi connectivity index (χ1n) is 24.2. The number of nitrogens with zero attached hydrogens (tertiary/aromatic N) is 8. The summed E-state index contributed by atoms with van der Waals surface area (Å²) in [4.78, 5) is 53.2. The standard InChI is InChI=1S/C17H26N6O.C9H16ClN5.C8H11NO.C8H9NO.C7H9NO.C3H6I.CH2O.3CH4.2ClH.V/c1-4-11-18-15-20-16(19-12-5-2)22-17(21-15)23(3)24-13-14-9-7-6-8-10-14;1-3-5-11-8-13-7(10)14-9(15-8)12-6-4-2;2*1-9-10-7-8-5-3-2-4-6-8;8-9-6-7-4-2-1-3-5-7;1-2-3-4;1-2;;;;;;/h6-10H,4-5,11-13H2,1-3H3,(H2,18,19,20,21,22);3-6H2,1-2H3,(H2,11,12,13,14,15);2-6,9H,7H2,1H3;2-6H,1,7H2;1-5H,6,8H2;3H,2H2,1H3;1H2;3*1H4;2*1H;/q;;;;;-1;;;;;;;. The number of carbonyl (C=O) groups is 1. The topological polar surface area (TPSA) is 233 Å². The molecular formula is C56H93Cl3IN14O5V-. The third-order valence-electron chi connectivity index (χ3n) is 8.55. The second kappa shape index (κ2) is 64.8. The Morgan fingerprint density at radius 3 is 1.19 bits per heavy atom. The van der Waals surface area contributed by atoms with E-state index in [-0.39, 0.29) is 70.9 Å². The van der Waals surface area contributed by atoms with E-state index < -0.39 is 0 Å². The Morgan fingerprint density at radius 2 is 0.887 bits per heavy atom. The Hall–Kier alpha value is -4.98. The van der Waals surface area contributed by atoms with Gasteiger partial charge in [0, 0.05) is 65.5 Å². The number of carbonyl (C=O) groups excluding carboxylic acids is 1. The number of hydrogen-bond acceptors (Lipinski definition) is 19. The molecule has 6 rings (SSSR count). The minimum Gasteiger partial charge on any atom is -0.391 e. The van der Waals surface area contributed by atoms with Gasteiger partial charge in [0.2, 0.25) is 29.1 Å². The minimum absolute atomic E-state index is 0. The van der Waals surface area contributed by atoms with E-state index in [4.69, 9.17) is 36.8 Å². The summed E-state index contributed by atoms with van der Waals surface area (Å²) < 4.78 is 2.09. The van der Waals surface area contributed by atoms with E-state index in [0.29, 0.717) is 56.2 Å².